The number of ether oxygens (including phenoxy) is 1. The average Bonchev–Trinajstić information content (AvgIpc) is 2.01. The molecule has 1 aromatic carbocycles. The van der Waals surface area contributed by atoms with Gasteiger partial charge in [0.1, 0.15) is 5.75 Å². The van der Waals surface area contributed by atoms with E-state index in [1.807, 2.05) is 0 Å². The van der Waals surface area contributed by atoms with Gasteiger partial charge in [0.25, 0.3) is 10.1 Å². The van der Waals surface area contributed by atoms with E-state index in [-0.39, 0.29) is 35.9 Å². The van der Waals surface area contributed by atoms with Crippen molar-refractivity contribution in [3.8, 4) is 5.75 Å². The molecule has 0 saturated carbocycles. The summed E-state index contributed by atoms with van der Waals surface area (Å²) in [4.78, 5) is -0.0895. The Balaban J connectivity index is 0. The summed E-state index contributed by atoms with van der Waals surface area (Å²) >= 11 is 0. The summed E-state index contributed by atoms with van der Waals surface area (Å²) in [5.41, 5.74) is 0.460. The first kappa shape index (κ1) is 13.9. The zero-order chi connectivity index (χ0) is 10.1. The zero-order valence-electron chi connectivity index (χ0n) is 9.31. The van der Waals surface area contributed by atoms with E-state index in [1.165, 1.54) is 19.2 Å². The van der Waals surface area contributed by atoms with Crippen molar-refractivity contribution in [2.24, 2.45) is 0 Å². The Bertz CT molecular complexity index is 419. The van der Waals surface area contributed by atoms with Gasteiger partial charge in [0, 0.05) is 0 Å². The van der Waals surface area contributed by atoms with Crippen molar-refractivity contribution in [3.05, 3.63) is 23.8 Å². The predicted octanol–water partition coefficient (Wildman–Crippen LogP) is -1.63. The zero-order valence-corrected chi connectivity index (χ0v) is 11.1. The van der Waals surface area contributed by atoms with Crippen LogP contribution in [0.25, 0.3) is 0 Å². The van der Waals surface area contributed by atoms with Crippen molar-refractivity contribution in [2.75, 3.05) is 7.11 Å². The third kappa shape index (κ3) is 3.25. The van der Waals surface area contributed by atoms with Gasteiger partial charge in [-0.2, -0.15) is 8.42 Å². The molecule has 0 aliphatic carbocycles. The first-order valence-corrected chi connectivity index (χ1v) is 5.01. The molecule has 14 heavy (non-hydrogen) atoms. The van der Waals surface area contributed by atoms with E-state index in [2.05, 4.69) is 0 Å². The van der Waals surface area contributed by atoms with Gasteiger partial charge in [-0.25, -0.2) is 0 Å². The molecule has 1 rings (SSSR count). The molecule has 0 atom stereocenters. The molecule has 0 spiro atoms. The van der Waals surface area contributed by atoms with Gasteiger partial charge in [-0.15, -0.1) is 0 Å². The minimum absolute atomic E-state index is 0. The molecule has 6 heteroatoms. The minimum Gasteiger partial charge on any atom is -1.00 e. The molecule has 0 heterocycles. The van der Waals surface area contributed by atoms with Gasteiger partial charge in [0.05, 0.1) is 12.0 Å². The fourth-order valence-corrected chi connectivity index (χ4v) is 1.74. The fourth-order valence-electron chi connectivity index (χ4n) is 1.04. The van der Waals surface area contributed by atoms with E-state index < -0.39 is 10.1 Å². The Labute approximate surface area is 107 Å². The number of aryl methyl sites for hydroxylation is 1. The second-order valence-electron chi connectivity index (χ2n) is 2.61. The van der Waals surface area contributed by atoms with Crippen molar-refractivity contribution >= 4 is 10.1 Å². The second kappa shape index (κ2) is 5.14. The van der Waals surface area contributed by atoms with E-state index in [4.69, 9.17) is 9.29 Å². The molecule has 0 radical (unpaired) electrons. The van der Waals surface area contributed by atoms with Gasteiger partial charge < -0.3 is 6.16 Å². The molecule has 1 N–H and O–H groups in total. The van der Waals surface area contributed by atoms with Crippen LogP contribution in [0.1, 0.15) is 6.99 Å². The van der Waals surface area contributed by atoms with Gasteiger partial charge in [0.2, 0.25) is 0 Å². The monoisotopic (exact) mass is 226 g/mol. The number of rotatable bonds is 2. The molecule has 0 aliphatic rings. The van der Waals surface area contributed by atoms with Crippen LogP contribution >= 0.6 is 0 Å². The van der Waals surface area contributed by atoms with Crippen molar-refractivity contribution in [2.45, 2.75) is 11.8 Å². The number of hydrogen-bond donors (Lipinski definition) is 1. The first-order chi connectivity index (χ1) is 5.95. The van der Waals surface area contributed by atoms with Crippen LogP contribution < -0.4 is 34.3 Å². The van der Waals surface area contributed by atoms with Gasteiger partial charge in [-0.1, -0.05) is 0 Å². The van der Waals surface area contributed by atoms with Crippen molar-refractivity contribution in [1.29, 1.82) is 0 Å². The maximum Gasteiger partial charge on any atom is 1.00 e. The normalized spacial score (nSPS) is 10.5. The van der Waals surface area contributed by atoms with E-state index in [0.29, 0.717) is 11.3 Å². The molecule has 4 nitrogen and oxygen atoms in total. The number of methoxy groups -OCH3 is 1. The molecule has 1 aromatic rings. The Morgan fingerprint density at radius 1 is 1.43 bits per heavy atom. The van der Waals surface area contributed by atoms with E-state index in [1.54, 1.807) is 13.0 Å². The van der Waals surface area contributed by atoms with Gasteiger partial charge >= 0.3 is 29.6 Å². The minimum atomic E-state index is -4.11. The van der Waals surface area contributed by atoms with Crippen LogP contribution in [0, 0.1) is 6.92 Å². The van der Waals surface area contributed by atoms with Crippen LogP contribution in [0.2, 0.25) is 0 Å². The van der Waals surface area contributed by atoms with E-state index >= 15 is 0 Å². The third-order valence-electron chi connectivity index (χ3n) is 1.66. The maximum atomic E-state index is 10.8. The van der Waals surface area contributed by atoms with E-state index in [0.717, 1.165) is 0 Å². The second-order valence-corrected chi connectivity index (χ2v) is 4.00. The maximum absolute atomic E-state index is 10.8. The van der Waals surface area contributed by atoms with Crippen molar-refractivity contribution in [1.82, 2.24) is 0 Å². The Morgan fingerprint density at radius 3 is 2.36 bits per heavy atom. The Kier molecular flexibility index (Phi) is 5.11. The van der Waals surface area contributed by atoms with Crippen molar-refractivity contribution < 1.29 is 48.7 Å². The summed E-state index contributed by atoms with van der Waals surface area (Å²) in [6.07, 6.45) is 0. The van der Waals surface area contributed by atoms with Crippen LogP contribution in [0.4, 0.5) is 0 Å². The largest absolute Gasteiger partial charge is 1.00 e. The van der Waals surface area contributed by atoms with Gasteiger partial charge in [0.15, 0.2) is 0 Å². The van der Waals surface area contributed by atoms with Gasteiger partial charge in [-0.3, -0.25) is 4.55 Å². The van der Waals surface area contributed by atoms with Gasteiger partial charge in [-0.05, 0) is 30.7 Å². The third-order valence-corrected chi connectivity index (χ3v) is 2.67. The summed E-state index contributed by atoms with van der Waals surface area (Å²) in [6, 6.07) is 4.34. The smallest absolute Gasteiger partial charge is 1.00 e. The van der Waals surface area contributed by atoms with Crippen LogP contribution in [0.3, 0.4) is 0 Å². The van der Waals surface area contributed by atoms with Crippen LogP contribution in [0.5, 0.6) is 5.75 Å². The predicted molar refractivity (Wildman–Crippen MR) is 48.7 cm³/mol. The SMILES string of the molecule is COc1ccc(S(=O)(=O)O)c(C)c1.[H-].[Na+]. The molecule has 0 bridgehead atoms. The standard InChI is InChI=1S/C8H10O4S.Na.H/c1-6-5-7(12-2)3-4-8(6)13(9,10)11;;/h3-5H,1-2H3,(H,9,10,11);;/q;+1;-1. The number of hydrogen-bond acceptors (Lipinski definition) is 3. The Morgan fingerprint density at radius 2 is 2.00 bits per heavy atom. The molecule has 0 fully saturated rings. The summed E-state index contributed by atoms with van der Waals surface area (Å²) in [5.74, 6) is 0.560. The topological polar surface area (TPSA) is 63.6 Å². The first-order valence-electron chi connectivity index (χ1n) is 3.57. The van der Waals surface area contributed by atoms with Crippen LogP contribution in [0.15, 0.2) is 23.1 Å². The van der Waals surface area contributed by atoms with Crippen molar-refractivity contribution in [3.63, 3.8) is 0 Å². The van der Waals surface area contributed by atoms with Crippen LogP contribution in [-0.2, 0) is 10.1 Å². The summed E-state index contributed by atoms with van der Waals surface area (Å²) in [5, 5.41) is 0. The fraction of sp³-hybridized carbons (Fsp3) is 0.250. The summed E-state index contributed by atoms with van der Waals surface area (Å²) < 4.78 is 35.2. The molecular formula is C8H11NaO4S. The average molecular weight is 226 g/mol. The molecule has 0 aliphatic heterocycles. The molecule has 0 aromatic heterocycles. The summed E-state index contributed by atoms with van der Waals surface area (Å²) in [6.45, 7) is 1.59. The van der Waals surface area contributed by atoms with Crippen LogP contribution in [-0.4, -0.2) is 20.1 Å². The summed E-state index contributed by atoms with van der Waals surface area (Å²) in [7, 11) is -2.63. The molecule has 0 saturated heterocycles. The Hall–Kier alpha value is -0.0700. The molecule has 0 amide bonds. The number of benzene rings is 1. The molecular weight excluding hydrogens is 215 g/mol. The molecule has 0 unspecified atom stereocenters. The quantitative estimate of drug-likeness (QED) is 0.485. The molecule has 74 valence electrons. The van der Waals surface area contributed by atoms with E-state index in [9.17, 15) is 8.42 Å².